The van der Waals surface area contributed by atoms with Crippen LogP contribution < -0.4 is 15.8 Å². The number of rotatable bonds is 5. The van der Waals surface area contributed by atoms with Crippen LogP contribution in [0.1, 0.15) is 35.3 Å². The second-order valence-corrected chi connectivity index (χ2v) is 9.89. The largest absolute Gasteiger partial charge is 0.366 e. The number of nitro groups is 1. The van der Waals surface area contributed by atoms with Gasteiger partial charge in [-0.3, -0.25) is 19.7 Å². The van der Waals surface area contributed by atoms with Crippen LogP contribution in [0.15, 0.2) is 45.7 Å². The number of carbonyl (C=O) groups is 1. The fourth-order valence-corrected chi connectivity index (χ4v) is 6.32. The van der Waals surface area contributed by atoms with E-state index in [1.54, 1.807) is 25.1 Å². The normalized spacial score (nSPS) is 23.9. The molecule has 3 aliphatic heterocycles. The zero-order valence-corrected chi connectivity index (χ0v) is 19.8. The second-order valence-electron chi connectivity index (χ2n) is 9.89. The summed E-state index contributed by atoms with van der Waals surface area (Å²) < 4.78 is 7.00. The molecule has 0 saturated carbocycles. The number of fused-ring (bicyclic) bond motifs is 8. The van der Waals surface area contributed by atoms with Gasteiger partial charge in [-0.1, -0.05) is 11.2 Å². The van der Waals surface area contributed by atoms with Gasteiger partial charge in [0, 0.05) is 67.6 Å². The molecule has 2 bridgehead atoms. The minimum absolute atomic E-state index is 0.0154. The number of benzene rings is 1. The van der Waals surface area contributed by atoms with Gasteiger partial charge < -0.3 is 19.3 Å². The van der Waals surface area contributed by atoms with Crippen LogP contribution in [0.25, 0.3) is 0 Å². The molecule has 186 valence electrons. The molecule has 4 atom stereocenters. The Kier molecular flexibility index (Phi) is 5.35. The summed E-state index contributed by atoms with van der Waals surface area (Å²) in [5, 5.41) is 18.2. The van der Waals surface area contributed by atoms with Gasteiger partial charge in [-0.05, 0) is 43.4 Å². The van der Waals surface area contributed by atoms with E-state index in [1.165, 1.54) is 6.07 Å². The summed E-state index contributed by atoms with van der Waals surface area (Å²) in [6, 6.07) is 10.2. The summed E-state index contributed by atoms with van der Waals surface area (Å²) in [4.78, 5) is 43.7. The van der Waals surface area contributed by atoms with Gasteiger partial charge in [0.1, 0.15) is 0 Å². The van der Waals surface area contributed by atoms with Gasteiger partial charge in [0.15, 0.2) is 5.82 Å². The number of anilines is 1. The minimum atomic E-state index is -0.407. The first-order chi connectivity index (χ1) is 17.4. The number of nitrogens with one attached hydrogen (secondary N) is 1. The first-order valence-corrected chi connectivity index (χ1v) is 12.2. The van der Waals surface area contributed by atoms with Crippen molar-refractivity contribution in [2.75, 3.05) is 18.0 Å². The Hall–Kier alpha value is -4.02. The predicted molar refractivity (Wildman–Crippen MR) is 129 cm³/mol. The molecule has 1 amide bonds. The monoisotopic (exact) mass is 490 g/mol. The van der Waals surface area contributed by atoms with Gasteiger partial charge in [-0.25, -0.2) is 0 Å². The highest BCUT2D eigenvalue weighted by Crippen LogP contribution is 2.47. The zero-order valence-electron chi connectivity index (χ0n) is 19.8. The van der Waals surface area contributed by atoms with Crippen molar-refractivity contribution in [3.63, 3.8) is 0 Å². The summed E-state index contributed by atoms with van der Waals surface area (Å²) in [6.07, 6.45) is 1.73. The highest BCUT2D eigenvalue weighted by molar-refractivity contribution is 5.82. The molecule has 1 aromatic carbocycles. The highest BCUT2D eigenvalue weighted by atomic mass is 16.6. The van der Waals surface area contributed by atoms with Gasteiger partial charge in [-0.15, -0.1) is 0 Å². The Morgan fingerprint density at radius 3 is 2.92 bits per heavy atom. The lowest BCUT2D eigenvalue weighted by Gasteiger charge is -2.54. The number of hydrogen-bond donors (Lipinski definition) is 1. The quantitative estimate of drug-likeness (QED) is 0.423. The van der Waals surface area contributed by atoms with Gasteiger partial charge in [0.05, 0.1) is 10.8 Å². The van der Waals surface area contributed by atoms with Crippen LogP contribution in [0.3, 0.4) is 0 Å². The predicted octanol–water partition coefficient (Wildman–Crippen LogP) is 1.97. The van der Waals surface area contributed by atoms with E-state index >= 15 is 0 Å². The van der Waals surface area contributed by atoms with Crippen molar-refractivity contribution < 1.29 is 14.2 Å². The lowest BCUT2D eigenvalue weighted by atomic mass is 9.70. The van der Waals surface area contributed by atoms with Gasteiger partial charge >= 0.3 is 0 Å². The number of piperidine rings is 1. The van der Waals surface area contributed by atoms with Gasteiger partial charge in [0.2, 0.25) is 11.8 Å². The van der Waals surface area contributed by atoms with E-state index in [1.807, 2.05) is 16.7 Å². The third-order valence-corrected chi connectivity index (χ3v) is 7.75. The van der Waals surface area contributed by atoms with Crippen molar-refractivity contribution in [3.05, 3.63) is 79.8 Å². The van der Waals surface area contributed by atoms with Crippen LogP contribution >= 0.6 is 0 Å². The molecule has 3 aliphatic rings. The Morgan fingerprint density at radius 1 is 1.28 bits per heavy atom. The Labute approximate surface area is 206 Å². The number of aryl methyl sites for hydroxylation is 1. The number of pyridine rings is 1. The summed E-state index contributed by atoms with van der Waals surface area (Å²) >= 11 is 0. The minimum Gasteiger partial charge on any atom is -0.366 e. The molecule has 1 saturated heterocycles. The van der Waals surface area contributed by atoms with E-state index in [-0.39, 0.29) is 35.0 Å². The lowest BCUT2D eigenvalue weighted by Crippen LogP contribution is -2.61. The molecule has 3 aromatic rings. The molecular weight excluding hydrogens is 464 g/mol. The van der Waals surface area contributed by atoms with E-state index < -0.39 is 10.8 Å². The number of nitro benzene ring substituents is 1. The molecule has 0 aliphatic carbocycles. The maximum absolute atomic E-state index is 13.5. The molecule has 5 heterocycles. The first kappa shape index (κ1) is 22.4. The number of hydrogen-bond acceptors (Lipinski definition) is 8. The molecule has 1 N–H and O–H groups in total. The van der Waals surface area contributed by atoms with Crippen LogP contribution in [-0.4, -0.2) is 44.7 Å². The molecule has 11 heteroatoms. The van der Waals surface area contributed by atoms with Crippen molar-refractivity contribution in [1.82, 2.24) is 20.0 Å². The maximum Gasteiger partial charge on any atom is 0.269 e. The van der Waals surface area contributed by atoms with Gasteiger partial charge in [-0.2, -0.15) is 4.98 Å². The topological polar surface area (TPSA) is 136 Å². The number of carbonyl (C=O) groups excluding carboxylic acids is 1. The number of non-ortho nitro benzene ring substituents is 1. The number of aromatic nitrogens is 3. The third kappa shape index (κ3) is 3.75. The molecule has 6 rings (SSSR count). The van der Waals surface area contributed by atoms with E-state index in [0.717, 1.165) is 23.4 Å². The maximum atomic E-state index is 13.5. The molecule has 11 nitrogen and oxygen atoms in total. The van der Waals surface area contributed by atoms with Crippen LogP contribution in [0.2, 0.25) is 0 Å². The Bertz CT molecular complexity index is 1410. The molecule has 1 fully saturated rings. The molecular formula is C25H26N6O5. The van der Waals surface area contributed by atoms with Crippen molar-refractivity contribution in [2.45, 2.75) is 44.7 Å². The van der Waals surface area contributed by atoms with E-state index in [4.69, 9.17) is 4.52 Å². The molecule has 2 aromatic heterocycles. The number of nitrogens with zero attached hydrogens (tertiary/aromatic N) is 5. The van der Waals surface area contributed by atoms with Crippen LogP contribution in [0.4, 0.5) is 11.4 Å². The molecule has 0 spiro atoms. The van der Waals surface area contributed by atoms with E-state index in [9.17, 15) is 19.7 Å². The fourth-order valence-electron chi connectivity index (χ4n) is 6.32. The highest BCUT2D eigenvalue weighted by Gasteiger charge is 2.49. The summed E-state index contributed by atoms with van der Waals surface area (Å²) in [7, 11) is 0. The van der Waals surface area contributed by atoms with Crippen molar-refractivity contribution in [1.29, 1.82) is 0 Å². The lowest BCUT2D eigenvalue weighted by molar-refractivity contribution is -0.384. The first-order valence-electron chi connectivity index (χ1n) is 12.2. The number of amides is 1. The van der Waals surface area contributed by atoms with Crippen molar-refractivity contribution in [3.8, 4) is 0 Å². The fraction of sp³-hybridized carbons (Fsp3) is 0.440. The summed E-state index contributed by atoms with van der Waals surface area (Å²) in [5.41, 5.74) is 2.77. The average Bonchev–Trinajstić information content (AvgIpc) is 3.28. The van der Waals surface area contributed by atoms with Crippen LogP contribution in [-0.2, 0) is 24.2 Å². The van der Waals surface area contributed by atoms with Crippen LogP contribution in [0, 0.1) is 28.9 Å². The third-order valence-electron chi connectivity index (χ3n) is 7.75. The van der Waals surface area contributed by atoms with Crippen molar-refractivity contribution in [2.24, 2.45) is 11.8 Å². The Morgan fingerprint density at radius 2 is 2.14 bits per heavy atom. The second kappa shape index (κ2) is 8.58. The molecule has 0 radical (unpaired) electrons. The Balaban J connectivity index is 1.33. The van der Waals surface area contributed by atoms with Crippen LogP contribution in [0.5, 0.6) is 0 Å². The van der Waals surface area contributed by atoms with Gasteiger partial charge in [0.25, 0.3) is 11.2 Å². The standard InChI is InChI=1S/C25H26N6O5/c1-14-27-22(36-28-14)7-8-26-25(33)19-11-15-10-18(31(34)35)5-6-21(15)30-12-16-9-17(24(19)30)13-29-20(16)3-2-4-23(29)32/h2-6,10,16-17,19,24H,7-9,11-13H2,1H3,(H,26,33)/t16?,17?,19-,24+/m1/s1. The molecule has 2 unspecified atom stereocenters. The zero-order chi connectivity index (χ0) is 25.0. The van der Waals surface area contributed by atoms with Crippen molar-refractivity contribution >= 4 is 17.3 Å². The SMILES string of the molecule is Cc1noc(CCNC(=O)[C@@H]2Cc3cc([N+](=O)[O-])ccc3N3CC4CC(Cn5c4cccc5=O)[C@@H]23)n1. The smallest absolute Gasteiger partial charge is 0.269 e. The molecule has 36 heavy (non-hydrogen) atoms. The average molecular weight is 491 g/mol. The summed E-state index contributed by atoms with van der Waals surface area (Å²) in [5.74, 6) is 0.747. The van der Waals surface area contributed by atoms with E-state index in [0.29, 0.717) is 44.2 Å². The van der Waals surface area contributed by atoms with E-state index in [2.05, 4.69) is 20.4 Å². The summed E-state index contributed by atoms with van der Waals surface area (Å²) in [6.45, 7) is 3.30.